The second kappa shape index (κ2) is 70.9. The Hall–Kier alpha value is -2.34. The summed E-state index contributed by atoms with van der Waals surface area (Å²) in [5.74, 6) is -2.88. The fraction of sp³-hybridized carbons (Fsp3) is 0.919. The molecule has 0 fully saturated rings. The predicted molar refractivity (Wildman–Crippen MR) is 400 cm³/mol. The first-order valence-corrected chi connectivity index (χ1v) is 44.8. The molecule has 2 unspecified atom stereocenters. The summed E-state index contributed by atoms with van der Waals surface area (Å²) in [5, 5.41) is 45.4. The van der Waals surface area contributed by atoms with E-state index in [1.807, 2.05) is 0 Å². The molecule has 26 heteroatoms. The van der Waals surface area contributed by atoms with Crippen molar-refractivity contribution in [3.63, 3.8) is 0 Å². The van der Waals surface area contributed by atoms with E-state index in [1.54, 1.807) is 0 Å². The number of carbonyl (C=O) groups is 4. The number of aliphatic imine (C=N–C) groups is 2. The fourth-order valence-electron chi connectivity index (χ4n) is 10.9. The molecule has 0 bridgehead atoms. The Labute approximate surface area is 612 Å². The predicted octanol–water partition coefficient (Wildman–Crippen LogP) is 17.4. The van der Waals surface area contributed by atoms with Crippen molar-refractivity contribution in [1.82, 2.24) is 0 Å². The molecule has 0 aromatic heterocycles. The summed E-state index contributed by atoms with van der Waals surface area (Å²) in [6.07, 6.45) is 47.0. The minimum absolute atomic E-state index is 0.0928. The number of phosphoric ester groups is 2. The summed E-state index contributed by atoms with van der Waals surface area (Å²) >= 11 is 0. The topological polar surface area (TPSA) is 328 Å². The third-order valence-electron chi connectivity index (χ3n) is 17.1. The van der Waals surface area contributed by atoms with Crippen LogP contribution in [0, 0.1) is 0 Å². The minimum atomic E-state index is -4.87. The number of aliphatic hydroxyl groups excluding tert-OH is 2. The molecule has 22 nitrogen and oxygen atoms in total. The highest BCUT2D eigenvalue weighted by molar-refractivity contribution is 8.76. The van der Waals surface area contributed by atoms with Crippen LogP contribution in [0.5, 0.6) is 0 Å². The Morgan fingerprint density at radius 3 is 0.790 bits per heavy atom. The summed E-state index contributed by atoms with van der Waals surface area (Å²) < 4.78 is 68.6. The van der Waals surface area contributed by atoms with E-state index >= 15 is 0 Å². The van der Waals surface area contributed by atoms with Gasteiger partial charge in [-0.15, -0.1) is 0 Å². The maximum Gasteiger partial charge on any atom is 0.472 e. The average molecular weight is 1500 g/mol. The van der Waals surface area contributed by atoms with Crippen LogP contribution < -0.4 is 10.2 Å². The molecule has 0 saturated heterocycles. The number of ether oxygens (including phenoxy) is 4. The van der Waals surface area contributed by atoms with Crippen LogP contribution in [0.2, 0.25) is 0 Å². The number of esters is 4. The maximum atomic E-state index is 13.0. The number of carbonyl (C=O) groups excluding carboxylic acids is 4. The number of aliphatic hydroxyl groups is 2. The van der Waals surface area contributed by atoms with Crippen LogP contribution in [0.15, 0.2) is 9.98 Å². The lowest BCUT2D eigenvalue weighted by atomic mass is 10.1. The van der Waals surface area contributed by atoms with Crippen molar-refractivity contribution in [2.45, 2.75) is 373 Å². The lowest BCUT2D eigenvalue weighted by molar-refractivity contribution is -0.219. The normalized spacial score (nSPS) is 14.5. The van der Waals surface area contributed by atoms with Crippen molar-refractivity contribution < 1.29 is 95.6 Å². The van der Waals surface area contributed by atoms with Gasteiger partial charge in [-0.25, -0.2) is 9.13 Å². The lowest BCUT2D eigenvalue weighted by Crippen LogP contribution is -2.30. The first-order valence-electron chi connectivity index (χ1n) is 39.3. The van der Waals surface area contributed by atoms with Gasteiger partial charge in [0, 0.05) is 37.2 Å². The molecule has 0 saturated carbocycles. The Bertz CT molecular complexity index is 1960. The third-order valence-corrected chi connectivity index (χ3v) is 21.4. The van der Waals surface area contributed by atoms with Gasteiger partial charge < -0.3 is 49.2 Å². The van der Waals surface area contributed by atoms with Gasteiger partial charge in [0.25, 0.3) is 0 Å². The summed E-state index contributed by atoms with van der Waals surface area (Å²) in [5.41, 5.74) is 0. The van der Waals surface area contributed by atoms with Crippen LogP contribution in [0.3, 0.4) is 0 Å². The van der Waals surface area contributed by atoms with E-state index in [0.29, 0.717) is 25.7 Å². The maximum absolute atomic E-state index is 13.0. The van der Waals surface area contributed by atoms with Crippen molar-refractivity contribution in [1.29, 1.82) is 0 Å². The molecule has 0 aromatic carbocycles. The van der Waals surface area contributed by atoms with Crippen LogP contribution in [0.25, 0.3) is 0 Å². The van der Waals surface area contributed by atoms with Gasteiger partial charge in [-0.3, -0.25) is 47.3 Å². The molecule has 0 radical (unpaired) electrons. The molecule has 4 N–H and O–H groups in total. The first kappa shape index (κ1) is 97.7. The second-order valence-electron chi connectivity index (χ2n) is 26.7. The van der Waals surface area contributed by atoms with Gasteiger partial charge in [0.1, 0.15) is 13.2 Å². The molecule has 0 aliphatic carbocycles. The van der Waals surface area contributed by atoms with E-state index in [0.717, 1.165) is 89.9 Å². The molecule has 0 aromatic rings. The zero-order valence-electron chi connectivity index (χ0n) is 62.7. The first-order chi connectivity index (χ1) is 48.4. The smallest absolute Gasteiger partial charge is 0.472 e. The van der Waals surface area contributed by atoms with E-state index in [-0.39, 0.29) is 50.0 Å². The highest BCUT2D eigenvalue weighted by Crippen LogP contribution is 2.44. The summed E-state index contributed by atoms with van der Waals surface area (Å²) in [6, 6.07) is -2.44. The molecule has 6 atom stereocenters. The van der Waals surface area contributed by atoms with Gasteiger partial charge in [0.2, 0.25) is 0 Å². The molecular formula is C74H140N2O20P2S2-2. The van der Waals surface area contributed by atoms with Crippen molar-refractivity contribution in [2.75, 3.05) is 64.4 Å². The number of rotatable bonds is 77. The van der Waals surface area contributed by atoms with Crippen LogP contribution in [0.4, 0.5) is 0 Å². The molecule has 0 spiro atoms. The summed E-state index contributed by atoms with van der Waals surface area (Å²) in [4.78, 5) is 80.2. The largest absolute Gasteiger partial charge is 0.862 e. The van der Waals surface area contributed by atoms with Crippen LogP contribution in [-0.4, -0.2) is 144 Å². The van der Waals surface area contributed by atoms with E-state index in [2.05, 4.69) is 37.7 Å². The standard InChI is InChI=1S/C74H142N2O20P2S2/c1-5-9-13-17-21-25-29-33-37-41-45-49-71(81)89-61-67(95-73(83)51-47-43-39-35-31-27-23-19-15-11-7-3)63-93-97(85,86)91-59-65(57-77)75-69(79)53-55-99-100-56-54-70(80)76-66(58-78)60-92-98(87,88)94-64-68(96-74(84)52-48-44-40-36-32-28-24-20-16-12-8-4)62-90-72(82)50-46-42-38-34-30-26-22-18-14-10-6-2/h65-68,77-78H,5-64H2,1-4H3,(H,75,79)(H,76,80)(H,85,86)(H,87,88)/p-2/t65-,66-,67-,68-/m1/s1. The molecule has 590 valence electrons. The van der Waals surface area contributed by atoms with Gasteiger partial charge in [-0.1, -0.05) is 306 Å². The molecule has 0 heterocycles. The fourth-order valence-corrected chi connectivity index (χ4v) is 14.5. The highest BCUT2D eigenvalue weighted by atomic mass is 33.1. The lowest BCUT2D eigenvalue weighted by Gasteiger charge is -2.21. The summed E-state index contributed by atoms with van der Waals surface area (Å²) in [7, 11) is -7.24. The van der Waals surface area contributed by atoms with Gasteiger partial charge in [0.15, 0.2) is 12.2 Å². The number of hydrogen-bond donors (Lipinski definition) is 4. The zero-order chi connectivity index (χ0) is 73.7. The quantitative estimate of drug-likeness (QED) is 0.00836. The SMILES string of the molecule is CCCCCCCCCCCCCC(=O)OC[C@H](COP(=O)(O)OC[C@@H](CO)N=C([O-])CCSSCCC([O-])=N[C@H](CO)COP(=O)(O)OC[C@@H](COC(=O)CCCCCCCCCCCCC)OC(=O)CCCCCCCCCCCCC)OC(=O)CCCCCCCCCCCCC. The molecule has 0 amide bonds. The second-order valence-corrected chi connectivity index (χ2v) is 32.3. The number of nitrogens with zero attached hydrogens (tertiary/aromatic N) is 2. The average Bonchev–Trinajstić information content (AvgIpc) is 0.937. The minimum Gasteiger partial charge on any atom is -0.862 e. The molecular weight excluding hydrogens is 1360 g/mol. The molecule has 0 rings (SSSR count). The zero-order valence-corrected chi connectivity index (χ0v) is 66.1. The number of hydrogen-bond acceptors (Lipinski definition) is 22. The Kier molecular flexibility index (Phi) is 69.3. The molecule has 100 heavy (non-hydrogen) atoms. The van der Waals surface area contributed by atoms with Crippen LogP contribution in [0.1, 0.15) is 349 Å². The van der Waals surface area contributed by atoms with Crippen molar-refractivity contribution >= 4 is 72.9 Å². The van der Waals surface area contributed by atoms with Gasteiger partial charge in [-0.2, -0.15) is 0 Å². The van der Waals surface area contributed by atoms with Gasteiger partial charge >= 0.3 is 39.5 Å². The third kappa shape index (κ3) is 67.5. The van der Waals surface area contributed by atoms with Crippen LogP contribution in [-0.2, 0) is 65.4 Å². The molecule has 0 aliphatic heterocycles. The van der Waals surface area contributed by atoms with E-state index in [9.17, 15) is 58.5 Å². The monoisotopic (exact) mass is 1500 g/mol. The Balaban J connectivity index is 5.18. The van der Waals surface area contributed by atoms with Gasteiger partial charge in [-0.05, 0) is 50.3 Å². The number of unbranched alkanes of at least 4 members (excludes halogenated alkanes) is 40. The Morgan fingerprint density at radius 1 is 0.330 bits per heavy atom. The van der Waals surface area contributed by atoms with E-state index < -0.39 is 128 Å². The highest BCUT2D eigenvalue weighted by Gasteiger charge is 2.29. The number of phosphoric acid groups is 2. The van der Waals surface area contributed by atoms with Crippen molar-refractivity contribution in [2.24, 2.45) is 9.98 Å². The van der Waals surface area contributed by atoms with Crippen LogP contribution >= 0.6 is 37.2 Å². The van der Waals surface area contributed by atoms with E-state index in [1.165, 1.54) is 189 Å². The summed E-state index contributed by atoms with van der Waals surface area (Å²) in [6.45, 7) is 4.02. The Morgan fingerprint density at radius 2 is 0.550 bits per heavy atom. The molecule has 0 aliphatic rings. The van der Waals surface area contributed by atoms with Crippen molar-refractivity contribution in [3.05, 3.63) is 0 Å². The van der Waals surface area contributed by atoms with E-state index in [4.69, 9.17) is 37.0 Å². The van der Waals surface area contributed by atoms with Crippen molar-refractivity contribution in [3.8, 4) is 0 Å². The van der Waals surface area contributed by atoms with Gasteiger partial charge in [0.05, 0.1) is 51.7 Å².